The van der Waals surface area contributed by atoms with Crippen LogP contribution >= 0.6 is 0 Å². The Morgan fingerprint density at radius 3 is 2.53 bits per heavy atom. The number of hydrogen-bond donors (Lipinski definition) is 2. The van der Waals surface area contributed by atoms with Crippen molar-refractivity contribution in [2.45, 2.75) is 26.7 Å². The Balaban J connectivity index is 0.000000354. The van der Waals surface area contributed by atoms with Gasteiger partial charge in [-0.15, -0.1) is 0 Å². The molecule has 1 heterocycles. The number of carbonyl (C=O) groups is 2. The molecule has 98 valence electrons. The largest absolute Gasteiger partial charge is 0.461 e. The average Bonchev–Trinajstić information content (AvgIpc) is 2.76. The fourth-order valence-electron chi connectivity index (χ4n) is 1.05. The number of ether oxygens (including phenoxy) is 1. The van der Waals surface area contributed by atoms with Gasteiger partial charge in [0.1, 0.15) is 6.61 Å². The van der Waals surface area contributed by atoms with Crippen molar-refractivity contribution in [3.05, 3.63) is 12.2 Å². The van der Waals surface area contributed by atoms with E-state index in [1.165, 1.54) is 0 Å². The lowest BCUT2D eigenvalue weighted by Crippen LogP contribution is -2.16. The minimum Gasteiger partial charge on any atom is -0.461 e. The molecule has 5 nitrogen and oxygen atoms in total. The molecule has 0 aromatic heterocycles. The van der Waals surface area contributed by atoms with E-state index in [1.807, 2.05) is 13.8 Å². The second-order valence-electron chi connectivity index (χ2n) is 4.06. The van der Waals surface area contributed by atoms with Crippen LogP contribution in [0.1, 0.15) is 26.7 Å². The average molecular weight is 242 g/mol. The van der Waals surface area contributed by atoms with Crippen LogP contribution in [0.4, 0.5) is 0 Å². The minimum absolute atomic E-state index is 0.139. The van der Waals surface area contributed by atoms with E-state index >= 15 is 0 Å². The van der Waals surface area contributed by atoms with Gasteiger partial charge >= 0.3 is 5.97 Å². The molecule has 3 N–H and O–H groups in total. The fourth-order valence-corrected chi connectivity index (χ4v) is 1.05. The van der Waals surface area contributed by atoms with Crippen molar-refractivity contribution in [2.75, 3.05) is 19.7 Å². The Hall–Kier alpha value is -1.36. The van der Waals surface area contributed by atoms with Crippen molar-refractivity contribution in [1.82, 2.24) is 5.32 Å². The lowest BCUT2D eigenvalue weighted by atomic mass is 10.1. The summed E-state index contributed by atoms with van der Waals surface area (Å²) in [7, 11) is 0. The number of hydrogen-bond acceptors (Lipinski definition) is 4. The van der Waals surface area contributed by atoms with Crippen molar-refractivity contribution in [3.8, 4) is 0 Å². The molecule has 1 aliphatic rings. The van der Waals surface area contributed by atoms with Crippen LogP contribution in [-0.2, 0) is 14.3 Å². The molecule has 17 heavy (non-hydrogen) atoms. The molecular weight excluding hydrogens is 220 g/mol. The number of carbonyl (C=O) groups excluding carboxylic acids is 2. The SMILES string of the molecule is C=C(C(=O)OCCN)C(C)C.O=C1CCCN1. The molecule has 0 atom stereocenters. The molecule has 1 fully saturated rings. The summed E-state index contributed by atoms with van der Waals surface area (Å²) in [6, 6.07) is 0. The first-order valence-electron chi connectivity index (χ1n) is 5.81. The van der Waals surface area contributed by atoms with Crippen LogP contribution in [0, 0.1) is 5.92 Å². The van der Waals surface area contributed by atoms with Gasteiger partial charge in [0.2, 0.25) is 5.91 Å². The first-order chi connectivity index (χ1) is 7.99. The van der Waals surface area contributed by atoms with Crippen LogP contribution in [0.25, 0.3) is 0 Å². The Kier molecular flexibility index (Phi) is 8.05. The second kappa shape index (κ2) is 8.75. The molecule has 0 bridgehead atoms. The zero-order valence-electron chi connectivity index (χ0n) is 10.6. The number of esters is 1. The van der Waals surface area contributed by atoms with Gasteiger partial charge in [0.05, 0.1) is 0 Å². The second-order valence-corrected chi connectivity index (χ2v) is 4.06. The fraction of sp³-hybridized carbons (Fsp3) is 0.667. The maximum absolute atomic E-state index is 11.0. The third-order valence-corrected chi connectivity index (χ3v) is 2.21. The highest BCUT2D eigenvalue weighted by Gasteiger charge is 2.10. The smallest absolute Gasteiger partial charge is 0.333 e. The molecule has 0 unspecified atom stereocenters. The maximum atomic E-state index is 11.0. The molecule has 0 aliphatic carbocycles. The van der Waals surface area contributed by atoms with E-state index in [2.05, 4.69) is 11.9 Å². The van der Waals surface area contributed by atoms with Crippen LogP contribution in [0.15, 0.2) is 12.2 Å². The van der Waals surface area contributed by atoms with Crippen molar-refractivity contribution in [3.63, 3.8) is 0 Å². The maximum Gasteiger partial charge on any atom is 0.333 e. The van der Waals surface area contributed by atoms with Crippen LogP contribution in [-0.4, -0.2) is 31.6 Å². The number of amides is 1. The van der Waals surface area contributed by atoms with Gasteiger partial charge in [0.25, 0.3) is 0 Å². The van der Waals surface area contributed by atoms with Gasteiger partial charge in [-0.25, -0.2) is 4.79 Å². The van der Waals surface area contributed by atoms with Gasteiger partial charge in [-0.05, 0) is 12.3 Å². The zero-order valence-corrected chi connectivity index (χ0v) is 10.6. The lowest BCUT2D eigenvalue weighted by Gasteiger charge is -2.07. The highest BCUT2D eigenvalue weighted by molar-refractivity contribution is 5.88. The number of nitrogens with two attached hydrogens (primary N) is 1. The zero-order chi connectivity index (χ0) is 13.3. The van der Waals surface area contributed by atoms with Crippen molar-refractivity contribution < 1.29 is 14.3 Å². The lowest BCUT2D eigenvalue weighted by molar-refractivity contribution is -0.139. The van der Waals surface area contributed by atoms with Crippen LogP contribution < -0.4 is 11.1 Å². The predicted octanol–water partition coefficient (Wildman–Crippen LogP) is 0.597. The summed E-state index contributed by atoms with van der Waals surface area (Å²) in [5, 5.41) is 2.68. The summed E-state index contributed by atoms with van der Waals surface area (Å²) in [5.41, 5.74) is 5.64. The standard InChI is InChI=1S/C8H15NO2.C4H7NO/c1-6(2)7(3)8(10)11-5-4-9;6-4-2-1-3-5-4/h6H,3-5,9H2,1-2H3;1-3H2,(H,5,6). The Bertz CT molecular complexity index is 267. The molecule has 1 saturated heterocycles. The van der Waals surface area contributed by atoms with Crippen molar-refractivity contribution >= 4 is 11.9 Å². The van der Waals surface area contributed by atoms with Gasteiger partial charge in [0, 0.05) is 25.1 Å². The normalized spacial score (nSPS) is 13.8. The molecule has 0 aromatic carbocycles. The van der Waals surface area contributed by atoms with Crippen molar-refractivity contribution in [1.29, 1.82) is 0 Å². The Morgan fingerprint density at radius 2 is 2.24 bits per heavy atom. The summed E-state index contributed by atoms with van der Waals surface area (Å²) in [6.45, 7) is 8.90. The van der Waals surface area contributed by atoms with E-state index in [1.54, 1.807) is 0 Å². The van der Waals surface area contributed by atoms with E-state index in [9.17, 15) is 9.59 Å². The van der Waals surface area contributed by atoms with Crippen LogP contribution in [0.2, 0.25) is 0 Å². The van der Waals surface area contributed by atoms with E-state index in [0.717, 1.165) is 19.4 Å². The Labute approximate surface area is 102 Å². The molecule has 0 radical (unpaired) electrons. The van der Waals surface area contributed by atoms with E-state index < -0.39 is 0 Å². The molecular formula is C12H22N2O3. The summed E-state index contributed by atoms with van der Waals surface area (Å²) >= 11 is 0. The quantitative estimate of drug-likeness (QED) is 0.558. The first kappa shape index (κ1) is 15.6. The molecule has 1 amide bonds. The van der Waals surface area contributed by atoms with Crippen LogP contribution in [0.3, 0.4) is 0 Å². The molecule has 0 spiro atoms. The first-order valence-corrected chi connectivity index (χ1v) is 5.81. The summed E-state index contributed by atoms with van der Waals surface area (Å²) in [5.74, 6) is 0.000671. The predicted molar refractivity (Wildman–Crippen MR) is 66.2 cm³/mol. The summed E-state index contributed by atoms with van der Waals surface area (Å²) in [4.78, 5) is 21.1. The van der Waals surface area contributed by atoms with Gasteiger partial charge < -0.3 is 15.8 Å². The number of rotatable bonds is 4. The van der Waals surface area contributed by atoms with Gasteiger partial charge in [-0.3, -0.25) is 4.79 Å². The van der Waals surface area contributed by atoms with Gasteiger partial charge in [-0.1, -0.05) is 20.4 Å². The summed E-state index contributed by atoms with van der Waals surface area (Å²) < 4.78 is 4.75. The van der Waals surface area contributed by atoms with Crippen LogP contribution in [0.5, 0.6) is 0 Å². The van der Waals surface area contributed by atoms with Crippen molar-refractivity contribution in [2.24, 2.45) is 11.7 Å². The molecule has 5 heteroatoms. The monoisotopic (exact) mass is 242 g/mol. The molecule has 1 rings (SSSR count). The summed E-state index contributed by atoms with van der Waals surface area (Å²) in [6.07, 6.45) is 1.76. The molecule has 0 saturated carbocycles. The highest BCUT2D eigenvalue weighted by atomic mass is 16.5. The third kappa shape index (κ3) is 7.52. The topological polar surface area (TPSA) is 81.4 Å². The van der Waals surface area contributed by atoms with E-state index in [4.69, 9.17) is 10.5 Å². The third-order valence-electron chi connectivity index (χ3n) is 2.21. The van der Waals surface area contributed by atoms with E-state index in [-0.39, 0.29) is 24.4 Å². The molecule has 0 aromatic rings. The number of nitrogens with one attached hydrogen (secondary N) is 1. The Morgan fingerprint density at radius 1 is 1.59 bits per heavy atom. The minimum atomic E-state index is -0.342. The van der Waals surface area contributed by atoms with Gasteiger partial charge in [-0.2, -0.15) is 0 Å². The van der Waals surface area contributed by atoms with E-state index in [0.29, 0.717) is 12.1 Å². The molecule has 1 aliphatic heterocycles. The highest BCUT2D eigenvalue weighted by Crippen LogP contribution is 2.07. The van der Waals surface area contributed by atoms with Gasteiger partial charge in [0.15, 0.2) is 0 Å².